The molecule has 0 bridgehead atoms. The first-order valence-electron chi connectivity index (χ1n) is 22.9. The normalized spacial score (nSPS) is 11.9. The summed E-state index contributed by atoms with van der Waals surface area (Å²) in [6.45, 7) is 2.04. The molecule has 11 aromatic rings. The number of nitrogens with one attached hydrogen (secondary N) is 2. The van der Waals surface area contributed by atoms with Gasteiger partial charge in [0.05, 0.1) is 33.6 Å². The summed E-state index contributed by atoms with van der Waals surface area (Å²) in [5, 5.41) is 12.4. The van der Waals surface area contributed by atoms with Crippen LogP contribution in [0.1, 0.15) is 23.6 Å². The summed E-state index contributed by atoms with van der Waals surface area (Å²) in [6.07, 6.45) is 10.7. The van der Waals surface area contributed by atoms with Crippen LogP contribution in [-0.4, -0.2) is 25.9 Å². The molecule has 68 heavy (non-hydrogen) atoms. The van der Waals surface area contributed by atoms with Crippen molar-refractivity contribution in [1.82, 2.24) is 14.2 Å². The zero-order valence-corrected chi connectivity index (χ0v) is 37.5. The van der Waals surface area contributed by atoms with Crippen molar-refractivity contribution >= 4 is 50.5 Å². The van der Waals surface area contributed by atoms with E-state index in [2.05, 4.69) is 185 Å². The maximum atomic E-state index is 9.04. The third kappa shape index (κ3) is 8.01. The molecule has 8 aromatic carbocycles. The number of allylic oxidation sites excluding steroid dienone is 3. The summed E-state index contributed by atoms with van der Waals surface area (Å²) in [5.41, 5.74) is 18.9. The van der Waals surface area contributed by atoms with Gasteiger partial charge in [0, 0.05) is 55.7 Å². The second-order valence-corrected chi connectivity index (χ2v) is 16.7. The van der Waals surface area contributed by atoms with Gasteiger partial charge in [0.1, 0.15) is 0 Å². The number of benzene rings is 8. The Bertz CT molecular complexity index is 3690. The maximum Gasteiger partial charge on any atom is 0.154 e. The molecule has 11 rings (SSSR count). The molecule has 6 nitrogen and oxygen atoms in total. The molecule has 324 valence electrons. The lowest BCUT2D eigenvalue weighted by Crippen LogP contribution is -2.25. The summed E-state index contributed by atoms with van der Waals surface area (Å²) in [4.78, 5) is 10.2. The van der Waals surface area contributed by atoms with Gasteiger partial charge in [-0.05, 0) is 60.0 Å². The van der Waals surface area contributed by atoms with Gasteiger partial charge in [0.15, 0.2) is 11.7 Å². The highest BCUT2D eigenvalue weighted by Crippen LogP contribution is 2.41. The molecule has 0 saturated heterocycles. The first-order valence-corrected chi connectivity index (χ1v) is 22.9. The lowest BCUT2D eigenvalue weighted by Gasteiger charge is -2.16. The van der Waals surface area contributed by atoms with E-state index in [0.29, 0.717) is 5.84 Å². The van der Waals surface area contributed by atoms with E-state index in [4.69, 9.17) is 15.4 Å². The highest BCUT2D eigenvalue weighted by molar-refractivity contribution is 6.24. The van der Waals surface area contributed by atoms with Gasteiger partial charge >= 0.3 is 0 Å². The number of aromatic nitrogens is 3. The van der Waals surface area contributed by atoms with Crippen LogP contribution in [0.2, 0.25) is 0 Å². The zero-order valence-electron chi connectivity index (χ0n) is 37.5. The van der Waals surface area contributed by atoms with Gasteiger partial charge in [-0.3, -0.25) is 15.5 Å². The van der Waals surface area contributed by atoms with Crippen LogP contribution in [0.5, 0.6) is 0 Å². The minimum absolute atomic E-state index is 0.172. The lowest BCUT2D eigenvalue weighted by atomic mass is 9.97. The molecule has 0 atom stereocenters. The smallest absolute Gasteiger partial charge is 0.154 e. The van der Waals surface area contributed by atoms with Gasteiger partial charge in [-0.25, -0.2) is 9.98 Å². The van der Waals surface area contributed by atoms with Crippen LogP contribution >= 0.6 is 0 Å². The monoisotopic (exact) mass is 874 g/mol. The molecule has 3 aromatic heterocycles. The fraction of sp³-hybridized carbons (Fsp3) is 0.0161. The molecule has 0 amide bonds. The summed E-state index contributed by atoms with van der Waals surface area (Å²) >= 11 is 0. The number of hydrogen-bond acceptors (Lipinski definition) is 2. The third-order valence-electron chi connectivity index (χ3n) is 12.4. The molecule has 3 heterocycles. The number of aliphatic imine (C=N–C) groups is 1. The van der Waals surface area contributed by atoms with E-state index in [9.17, 15) is 0 Å². The van der Waals surface area contributed by atoms with Crippen molar-refractivity contribution in [3.8, 4) is 50.5 Å². The quantitative estimate of drug-likeness (QED) is 0.0816. The molecule has 0 aliphatic carbocycles. The predicted molar refractivity (Wildman–Crippen MR) is 285 cm³/mol. The molecule has 0 spiro atoms. The number of amidine groups is 2. The average molecular weight is 875 g/mol. The van der Waals surface area contributed by atoms with Crippen molar-refractivity contribution in [3.05, 3.63) is 260 Å². The van der Waals surface area contributed by atoms with E-state index in [-0.39, 0.29) is 5.84 Å². The van der Waals surface area contributed by atoms with Crippen molar-refractivity contribution in [2.45, 2.75) is 6.92 Å². The van der Waals surface area contributed by atoms with Crippen molar-refractivity contribution in [2.24, 2.45) is 4.99 Å². The minimum Gasteiger partial charge on any atom is -0.315 e. The zero-order chi connectivity index (χ0) is 45.8. The van der Waals surface area contributed by atoms with Crippen LogP contribution in [0.25, 0.3) is 89.2 Å². The van der Waals surface area contributed by atoms with Crippen molar-refractivity contribution < 1.29 is 0 Å². The van der Waals surface area contributed by atoms with E-state index < -0.39 is 0 Å². The van der Waals surface area contributed by atoms with Crippen LogP contribution in [0.15, 0.2) is 248 Å². The SMILES string of the molecule is C/C=C\C=C/c1cn(-c2ccccc2-c2cc(-c3ccccc3)nc(-c3ccc(-c4ccccc4)cc3)c2)c2ccc3c(c4ccccc4n3N/C(=N\C(=N)c3ccccc3)c3ccccc3)c12. The Kier molecular flexibility index (Phi) is 11.2. The topological polar surface area (TPSA) is 71.0 Å². The van der Waals surface area contributed by atoms with Gasteiger partial charge in [-0.15, -0.1) is 0 Å². The molecule has 0 aliphatic heterocycles. The van der Waals surface area contributed by atoms with Gasteiger partial charge in [-0.2, -0.15) is 0 Å². The fourth-order valence-corrected chi connectivity index (χ4v) is 9.14. The number of nitrogens with zero attached hydrogens (tertiary/aromatic N) is 4. The van der Waals surface area contributed by atoms with Gasteiger partial charge in [0.2, 0.25) is 0 Å². The Morgan fingerprint density at radius 2 is 1.07 bits per heavy atom. The number of hydrogen-bond donors (Lipinski definition) is 2. The Morgan fingerprint density at radius 3 is 1.78 bits per heavy atom. The molecule has 0 fully saturated rings. The predicted octanol–water partition coefficient (Wildman–Crippen LogP) is 15.4. The van der Waals surface area contributed by atoms with E-state index in [1.165, 1.54) is 11.1 Å². The van der Waals surface area contributed by atoms with Crippen LogP contribution in [0.4, 0.5) is 0 Å². The van der Waals surface area contributed by atoms with Gasteiger partial charge in [0.25, 0.3) is 0 Å². The van der Waals surface area contributed by atoms with E-state index in [1.54, 1.807) is 0 Å². The minimum atomic E-state index is 0.172. The summed E-state index contributed by atoms with van der Waals surface area (Å²) in [7, 11) is 0. The van der Waals surface area contributed by atoms with Crippen LogP contribution in [0, 0.1) is 5.41 Å². The lowest BCUT2D eigenvalue weighted by molar-refractivity contribution is 1.08. The Hall–Kier alpha value is -9.13. The van der Waals surface area contributed by atoms with E-state index in [1.807, 2.05) is 85.8 Å². The van der Waals surface area contributed by atoms with Crippen LogP contribution in [-0.2, 0) is 0 Å². The van der Waals surface area contributed by atoms with Crippen molar-refractivity contribution in [2.75, 3.05) is 5.43 Å². The fourth-order valence-electron chi connectivity index (χ4n) is 9.14. The van der Waals surface area contributed by atoms with Crippen molar-refractivity contribution in [1.29, 1.82) is 5.41 Å². The summed E-state index contributed by atoms with van der Waals surface area (Å²) in [5.74, 6) is 0.742. The second kappa shape index (κ2) is 18.4. The number of pyridine rings is 1. The van der Waals surface area contributed by atoms with Crippen LogP contribution < -0.4 is 5.43 Å². The molecular formula is C62H46N6. The molecule has 0 radical (unpaired) electrons. The standard InChI is InChI=1S/C62H46N6/c1-2-3-8-29-49-42-67(55-32-19-17-30-51(55)50-40-53(45-23-11-5-12-24-45)64-54(41-50)46-36-34-44(35-37-46)43-21-9-4-10-22-43)57-38-39-58-60(59(49)57)52-31-18-20-33-56(52)68(58)66-62(48-27-15-7-16-28-48)65-61(63)47-25-13-6-14-26-47/h2-42H,1H3,(H2,63,65,66)/b3-2-,29-8-. The van der Waals surface area contributed by atoms with Gasteiger partial charge < -0.3 is 4.57 Å². The molecular weight excluding hydrogens is 829 g/mol. The Labute approximate surface area is 395 Å². The highest BCUT2D eigenvalue weighted by Gasteiger charge is 2.21. The molecule has 6 heteroatoms. The number of rotatable bonds is 10. The van der Waals surface area contributed by atoms with Crippen molar-refractivity contribution in [3.63, 3.8) is 0 Å². The number of fused-ring (bicyclic) bond motifs is 5. The third-order valence-corrected chi connectivity index (χ3v) is 12.4. The van der Waals surface area contributed by atoms with Gasteiger partial charge in [-0.1, -0.05) is 206 Å². The summed E-state index contributed by atoms with van der Waals surface area (Å²) < 4.78 is 4.46. The van der Waals surface area contributed by atoms with E-state index in [0.717, 1.165) is 88.7 Å². The molecule has 0 unspecified atom stereocenters. The Morgan fingerprint density at radius 1 is 0.515 bits per heavy atom. The second-order valence-electron chi connectivity index (χ2n) is 16.7. The maximum absolute atomic E-state index is 9.04. The number of para-hydroxylation sites is 2. The first-order chi connectivity index (χ1) is 33.6. The first kappa shape index (κ1) is 41.6. The largest absolute Gasteiger partial charge is 0.315 e. The highest BCUT2D eigenvalue weighted by atomic mass is 15.4. The van der Waals surface area contributed by atoms with Crippen LogP contribution in [0.3, 0.4) is 0 Å². The molecule has 0 aliphatic rings. The Balaban J connectivity index is 1.09. The molecule has 2 N–H and O–H groups in total. The van der Waals surface area contributed by atoms with E-state index >= 15 is 0 Å². The summed E-state index contributed by atoms with van der Waals surface area (Å²) in [6, 6.07) is 75.4. The molecule has 0 saturated carbocycles. The average Bonchev–Trinajstić information content (AvgIpc) is 3.94.